The van der Waals surface area contributed by atoms with Crippen LogP contribution in [0.2, 0.25) is 5.02 Å². The highest BCUT2D eigenvalue weighted by atomic mass is 35.5. The zero-order valence-corrected chi connectivity index (χ0v) is 13.0. The molecule has 1 unspecified atom stereocenters. The van der Waals surface area contributed by atoms with Crippen molar-refractivity contribution in [1.82, 2.24) is 5.32 Å². The third-order valence-corrected chi connectivity index (χ3v) is 4.37. The molecule has 1 amide bonds. The number of ether oxygens (including phenoxy) is 1. The monoisotopic (exact) mass is 314 g/mol. The Kier molecular flexibility index (Phi) is 6.01. The fraction of sp³-hybridized carbons (Fsp3) is 0.500. The Bertz CT molecular complexity index is 464. The van der Waals surface area contributed by atoms with Crippen LogP contribution >= 0.6 is 23.4 Å². The summed E-state index contributed by atoms with van der Waals surface area (Å²) in [5.41, 5.74) is 0.701. The van der Waals surface area contributed by atoms with Crippen molar-refractivity contribution >= 4 is 35.0 Å². The predicted molar refractivity (Wildman–Crippen MR) is 85.0 cm³/mol. The van der Waals surface area contributed by atoms with Crippen molar-refractivity contribution in [3.63, 3.8) is 0 Å². The molecule has 6 heteroatoms. The van der Waals surface area contributed by atoms with E-state index in [1.807, 2.05) is 18.7 Å². The van der Waals surface area contributed by atoms with E-state index in [1.54, 1.807) is 18.2 Å². The van der Waals surface area contributed by atoms with Crippen LogP contribution in [0, 0.1) is 0 Å². The molecule has 0 saturated carbocycles. The van der Waals surface area contributed by atoms with Crippen molar-refractivity contribution in [2.24, 2.45) is 0 Å². The van der Waals surface area contributed by atoms with Gasteiger partial charge >= 0.3 is 0 Å². The molecule has 110 valence electrons. The van der Waals surface area contributed by atoms with Crippen molar-refractivity contribution in [3.05, 3.63) is 23.2 Å². The quantitative estimate of drug-likeness (QED) is 0.877. The average Bonchev–Trinajstić information content (AvgIpc) is 2.43. The van der Waals surface area contributed by atoms with Gasteiger partial charge in [-0.15, -0.1) is 0 Å². The van der Waals surface area contributed by atoms with Crippen molar-refractivity contribution in [2.75, 3.05) is 30.0 Å². The second-order valence-electron chi connectivity index (χ2n) is 4.56. The number of benzene rings is 1. The summed E-state index contributed by atoms with van der Waals surface area (Å²) in [5.74, 6) is 2.74. The molecule has 1 saturated heterocycles. The molecule has 20 heavy (non-hydrogen) atoms. The highest BCUT2D eigenvalue weighted by molar-refractivity contribution is 7.99. The van der Waals surface area contributed by atoms with Gasteiger partial charge in [0.05, 0.1) is 11.6 Å². The van der Waals surface area contributed by atoms with Crippen LogP contribution in [-0.2, 0) is 4.79 Å². The number of thioether (sulfide) groups is 1. The van der Waals surface area contributed by atoms with Crippen LogP contribution < -0.4 is 15.4 Å². The lowest BCUT2D eigenvalue weighted by atomic mass is 10.2. The number of carbonyl (C=O) groups is 1. The normalized spacial score (nSPS) is 18.6. The van der Waals surface area contributed by atoms with E-state index in [0.717, 1.165) is 18.1 Å². The maximum absolute atomic E-state index is 12.0. The first-order chi connectivity index (χ1) is 9.69. The van der Waals surface area contributed by atoms with Crippen molar-refractivity contribution in [2.45, 2.75) is 19.4 Å². The third kappa shape index (κ3) is 4.58. The summed E-state index contributed by atoms with van der Waals surface area (Å²) in [6, 6.07) is 5.55. The van der Waals surface area contributed by atoms with E-state index in [1.165, 1.54) is 0 Å². The summed E-state index contributed by atoms with van der Waals surface area (Å²) >= 11 is 7.97. The second-order valence-corrected chi connectivity index (χ2v) is 6.11. The largest absolute Gasteiger partial charge is 0.492 e. The van der Waals surface area contributed by atoms with E-state index in [-0.39, 0.29) is 11.9 Å². The van der Waals surface area contributed by atoms with Gasteiger partial charge in [-0.25, -0.2) is 0 Å². The van der Waals surface area contributed by atoms with Crippen LogP contribution in [0.25, 0.3) is 0 Å². The van der Waals surface area contributed by atoms with E-state index in [9.17, 15) is 4.79 Å². The molecule has 0 aromatic heterocycles. The molecular formula is C14H19ClN2O2S. The number of carbonyl (C=O) groups excluding carboxylic acids is 1. The molecule has 2 rings (SSSR count). The fourth-order valence-electron chi connectivity index (χ4n) is 2.04. The molecule has 0 bridgehead atoms. The topological polar surface area (TPSA) is 50.4 Å². The van der Waals surface area contributed by atoms with E-state index >= 15 is 0 Å². The van der Waals surface area contributed by atoms with E-state index in [4.69, 9.17) is 16.3 Å². The predicted octanol–water partition coefficient (Wildman–Crippen LogP) is 2.77. The van der Waals surface area contributed by atoms with E-state index in [2.05, 4.69) is 10.6 Å². The first-order valence-electron chi connectivity index (χ1n) is 6.72. The zero-order valence-electron chi connectivity index (χ0n) is 11.4. The standard InChI is InChI=1S/C14H19ClN2O2S/c1-2-19-13-4-3-10(7-12(13)15)17-14(18)8-11-9-20-6-5-16-11/h3-4,7,11,16H,2,5-6,8-9H2,1H3,(H,17,18). The molecule has 1 aromatic rings. The minimum absolute atomic E-state index is 0.00484. The van der Waals surface area contributed by atoms with Crippen LogP contribution in [0.3, 0.4) is 0 Å². The number of anilines is 1. The number of amides is 1. The van der Waals surface area contributed by atoms with Crippen LogP contribution in [0.4, 0.5) is 5.69 Å². The zero-order chi connectivity index (χ0) is 14.4. The number of hydrogen-bond acceptors (Lipinski definition) is 4. The highest BCUT2D eigenvalue weighted by Gasteiger charge is 2.16. The van der Waals surface area contributed by atoms with Crippen LogP contribution in [-0.4, -0.2) is 36.6 Å². The smallest absolute Gasteiger partial charge is 0.225 e. The van der Waals surface area contributed by atoms with Crippen LogP contribution in [0.1, 0.15) is 13.3 Å². The molecule has 1 fully saturated rings. The molecule has 4 nitrogen and oxygen atoms in total. The first-order valence-corrected chi connectivity index (χ1v) is 8.25. The Morgan fingerprint density at radius 2 is 2.45 bits per heavy atom. The second kappa shape index (κ2) is 7.76. The highest BCUT2D eigenvalue weighted by Crippen LogP contribution is 2.27. The number of hydrogen-bond donors (Lipinski definition) is 2. The Hall–Kier alpha value is -0.910. The van der Waals surface area contributed by atoms with Gasteiger partial charge in [0.25, 0.3) is 0 Å². The Labute approximate surface area is 128 Å². The Balaban J connectivity index is 1.88. The fourth-order valence-corrected chi connectivity index (χ4v) is 3.22. The summed E-state index contributed by atoms with van der Waals surface area (Å²) < 4.78 is 5.36. The summed E-state index contributed by atoms with van der Waals surface area (Å²) in [5, 5.41) is 6.73. The summed E-state index contributed by atoms with van der Waals surface area (Å²) in [6.45, 7) is 3.44. The number of nitrogens with one attached hydrogen (secondary N) is 2. The SMILES string of the molecule is CCOc1ccc(NC(=O)CC2CSCCN2)cc1Cl. The van der Waals surface area contributed by atoms with E-state index < -0.39 is 0 Å². The lowest BCUT2D eigenvalue weighted by Crippen LogP contribution is -2.39. The number of halogens is 1. The molecule has 1 heterocycles. The van der Waals surface area contributed by atoms with Crippen molar-refractivity contribution in [1.29, 1.82) is 0 Å². The molecule has 2 N–H and O–H groups in total. The van der Waals surface area contributed by atoms with E-state index in [0.29, 0.717) is 29.5 Å². The minimum atomic E-state index is 0.00484. The molecule has 1 aromatic carbocycles. The maximum Gasteiger partial charge on any atom is 0.225 e. The lowest BCUT2D eigenvalue weighted by Gasteiger charge is -2.22. The van der Waals surface area contributed by atoms with Crippen LogP contribution in [0.5, 0.6) is 5.75 Å². The molecule has 0 radical (unpaired) electrons. The van der Waals surface area contributed by atoms with Crippen molar-refractivity contribution in [3.8, 4) is 5.75 Å². The van der Waals surface area contributed by atoms with Gasteiger partial charge in [-0.1, -0.05) is 11.6 Å². The van der Waals surface area contributed by atoms with Gasteiger partial charge in [0.15, 0.2) is 0 Å². The molecule has 0 aliphatic carbocycles. The molecule has 1 aliphatic heterocycles. The van der Waals surface area contributed by atoms with Gasteiger partial charge in [0.1, 0.15) is 5.75 Å². The van der Waals surface area contributed by atoms with Gasteiger partial charge in [-0.3, -0.25) is 4.79 Å². The maximum atomic E-state index is 12.0. The Morgan fingerprint density at radius 3 is 3.10 bits per heavy atom. The summed E-state index contributed by atoms with van der Waals surface area (Å²) in [7, 11) is 0. The first kappa shape index (κ1) is 15.5. The van der Waals surface area contributed by atoms with Gasteiger partial charge in [-0.05, 0) is 25.1 Å². The van der Waals surface area contributed by atoms with Crippen LogP contribution in [0.15, 0.2) is 18.2 Å². The third-order valence-electron chi connectivity index (χ3n) is 2.95. The lowest BCUT2D eigenvalue weighted by molar-refractivity contribution is -0.116. The molecule has 1 aliphatic rings. The Morgan fingerprint density at radius 1 is 1.60 bits per heavy atom. The average molecular weight is 315 g/mol. The molecular weight excluding hydrogens is 296 g/mol. The van der Waals surface area contributed by atoms with Crippen molar-refractivity contribution < 1.29 is 9.53 Å². The van der Waals surface area contributed by atoms with Gasteiger partial charge in [0.2, 0.25) is 5.91 Å². The van der Waals surface area contributed by atoms with Gasteiger partial charge < -0.3 is 15.4 Å². The van der Waals surface area contributed by atoms with Gasteiger partial charge in [0, 0.05) is 36.2 Å². The van der Waals surface area contributed by atoms with Gasteiger partial charge in [-0.2, -0.15) is 11.8 Å². The minimum Gasteiger partial charge on any atom is -0.492 e. The molecule has 0 spiro atoms. The number of rotatable bonds is 5. The molecule has 1 atom stereocenters. The summed E-state index contributed by atoms with van der Waals surface area (Å²) in [4.78, 5) is 12.0. The summed E-state index contributed by atoms with van der Waals surface area (Å²) in [6.07, 6.45) is 0.484.